The molecule has 0 bridgehead atoms. The van der Waals surface area contributed by atoms with E-state index in [-0.39, 0.29) is 0 Å². The van der Waals surface area contributed by atoms with E-state index in [1.165, 1.54) is 0 Å². The molecule has 0 saturated heterocycles. The lowest BCUT2D eigenvalue weighted by molar-refractivity contribution is 0.415. The van der Waals surface area contributed by atoms with E-state index < -0.39 is 0 Å². The summed E-state index contributed by atoms with van der Waals surface area (Å²) in [6.45, 7) is 0.399. The number of nitrogens with two attached hydrogens (primary N) is 1. The molecule has 0 radical (unpaired) electrons. The van der Waals surface area contributed by atoms with Gasteiger partial charge in [0.15, 0.2) is 5.82 Å². The summed E-state index contributed by atoms with van der Waals surface area (Å²) in [5.41, 5.74) is 7.26. The van der Waals surface area contributed by atoms with Crippen LogP contribution in [0.2, 0.25) is 0 Å². The van der Waals surface area contributed by atoms with Crippen LogP contribution in [-0.4, -0.2) is 24.1 Å². The summed E-state index contributed by atoms with van der Waals surface area (Å²) in [6, 6.07) is 7.77. The van der Waals surface area contributed by atoms with E-state index >= 15 is 0 Å². The molecule has 5 heteroatoms. The van der Waals surface area contributed by atoms with Gasteiger partial charge in [-0.15, -0.1) is 0 Å². The molecule has 0 unspecified atom stereocenters. The smallest absolute Gasteiger partial charge is 0.151 e. The van der Waals surface area contributed by atoms with Crippen molar-refractivity contribution in [1.82, 2.24) is 9.97 Å². The van der Waals surface area contributed by atoms with Crippen LogP contribution in [0.1, 0.15) is 5.69 Å². The minimum atomic E-state index is 0.399. The van der Waals surface area contributed by atoms with Gasteiger partial charge in [-0.25, -0.2) is 4.98 Å². The molecule has 1 aromatic heterocycles. The Hall–Kier alpha value is -2.14. The van der Waals surface area contributed by atoms with Crippen LogP contribution in [0.25, 0.3) is 0 Å². The van der Waals surface area contributed by atoms with Crippen LogP contribution in [0, 0.1) is 0 Å². The molecule has 0 aliphatic carbocycles. The van der Waals surface area contributed by atoms with Gasteiger partial charge in [-0.1, -0.05) is 6.07 Å². The van der Waals surface area contributed by atoms with E-state index in [1.807, 2.05) is 36.2 Å². The fourth-order valence-corrected chi connectivity index (χ4v) is 1.58. The molecule has 18 heavy (non-hydrogen) atoms. The van der Waals surface area contributed by atoms with Crippen LogP contribution in [0.15, 0.2) is 36.7 Å². The summed E-state index contributed by atoms with van der Waals surface area (Å²) in [4.78, 5) is 10.5. The van der Waals surface area contributed by atoms with Gasteiger partial charge >= 0.3 is 0 Å². The van der Waals surface area contributed by atoms with Gasteiger partial charge in [0.2, 0.25) is 0 Å². The lowest BCUT2D eigenvalue weighted by Crippen LogP contribution is -2.12. The first-order valence-corrected chi connectivity index (χ1v) is 5.63. The molecule has 94 valence electrons. The van der Waals surface area contributed by atoms with Crippen LogP contribution < -0.4 is 15.4 Å². The van der Waals surface area contributed by atoms with Gasteiger partial charge in [-0.05, 0) is 12.1 Å². The van der Waals surface area contributed by atoms with Gasteiger partial charge in [0, 0.05) is 25.3 Å². The fourth-order valence-electron chi connectivity index (χ4n) is 1.58. The van der Waals surface area contributed by atoms with Crippen molar-refractivity contribution in [3.8, 4) is 5.75 Å². The molecule has 0 atom stereocenters. The van der Waals surface area contributed by atoms with Gasteiger partial charge < -0.3 is 15.4 Å². The maximum absolute atomic E-state index is 5.49. The van der Waals surface area contributed by atoms with E-state index in [1.54, 1.807) is 19.5 Å². The Morgan fingerprint density at radius 2 is 2.11 bits per heavy atom. The molecule has 1 aromatic carbocycles. The number of rotatable bonds is 4. The van der Waals surface area contributed by atoms with Crippen LogP contribution >= 0.6 is 0 Å². The molecular weight excluding hydrogens is 228 g/mol. The maximum atomic E-state index is 5.49. The summed E-state index contributed by atoms with van der Waals surface area (Å²) in [5.74, 6) is 1.58. The van der Waals surface area contributed by atoms with Crippen LogP contribution in [-0.2, 0) is 6.54 Å². The molecular formula is C13H16N4O. The van der Waals surface area contributed by atoms with Crippen molar-refractivity contribution in [1.29, 1.82) is 0 Å². The van der Waals surface area contributed by atoms with Crippen molar-refractivity contribution in [2.45, 2.75) is 6.54 Å². The van der Waals surface area contributed by atoms with Crippen molar-refractivity contribution >= 4 is 11.5 Å². The van der Waals surface area contributed by atoms with E-state index in [0.29, 0.717) is 6.54 Å². The first-order chi connectivity index (χ1) is 8.74. The summed E-state index contributed by atoms with van der Waals surface area (Å²) >= 11 is 0. The summed E-state index contributed by atoms with van der Waals surface area (Å²) < 4.78 is 5.20. The lowest BCUT2D eigenvalue weighted by atomic mass is 10.3. The average Bonchev–Trinajstić information content (AvgIpc) is 2.46. The van der Waals surface area contributed by atoms with E-state index in [9.17, 15) is 0 Å². The molecule has 0 saturated carbocycles. The molecule has 1 heterocycles. The van der Waals surface area contributed by atoms with E-state index in [0.717, 1.165) is 22.9 Å². The average molecular weight is 244 g/mol. The van der Waals surface area contributed by atoms with Crippen LogP contribution in [0.5, 0.6) is 5.75 Å². The molecule has 0 aliphatic heterocycles. The summed E-state index contributed by atoms with van der Waals surface area (Å²) in [7, 11) is 3.58. The normalized spacial score (nSPS) is 10.2. The number of anilines is 2. The third-order valence-electron chi connectivity index (χ3n) is 2.69. The maximum Gasteiger partial charge on any atom is 0.151 e. The third-order valence-corrected chi connectivity index (χ3v) is 2.69. The summed E-state index contributed by atoms with van der Waals surface area (Å²) in [5, 5.41) is 0. The lowest BCUT2D eigenvalue weighted by Gasteiger charge is -2.18. The highest BCUT2D eigenvalue weighted by Crippen LogP contribution is 2.24. The van der Waals surface area contributed by atoms with Gasteiger partial charge in [0.1, 0.15) is 5.75 Å². The SMILES string of the molecule is COc1cccc(N(C)c2cnc(CN)cn2)c1. The number of nitrogens with zero attached hydrogens (tertiary/aromatic N) is 3. The first-order valence-electron chi connectivity index (χ1n) is 5.63. The Bertz CT molecular complexity index is 513. The summed E-state index contributed by atoms with van der Waals surface area (Å²) in [6.07, 6.45) is 3.40. The Balaban J connectivity index is 2.25. The molecule has 2 aromatic rings. The zero-order valence-corrected chi connectivity index (χ0v) is 10.5. The molecule has 2 rings (SSSR count). The number of benzene rings is 1. The van der Waals surface area contributed by atoms with Crippen LogP contribution in [0.4, 0.5) is 11.5 Å². The van der Waals surface area contributed by atoms with Crippen molar-refractivity contribution in [3.63, 3.8) is 0 Å². The predicted octanol–water partition coefficient (Wildman–Crippen LogP) is 1.71. The number of aromatic nitrogens is 2. The first kappa shape index (κ1) is 12.3. The molecule has 0 aliphatic rings. The minimum Gasteiger partial charge on any atom is -0.497 e. The van der Waals surface area contributed by atoms with E-state index in [2.05, 4.69) is 9.97 Å². The molecule has 0 spiro atoms. The highest BCUT2D eigenvalue weighted by Gasteiger charge is 2.06. The molecule has 5 nitrogen and oxygen atoms in total. The monoisotopic (exact) mass is 244 g/mol. The minimum absolute atomic E-state index is 0.399. The number of ether oxygens (including phenoxy) is 1. The second-order valence-corrected chi connectivity index (χ2v) is 3.83. The van der Waals surface area contributed by atoms with Crippen molar-refractivity contribution in [2.24, 2.45) is 5.73 Å². The Morgan fingerprint density at radius 1 is 1.28 bits per heavy atom. The highest BCUT2D eigenvalue weighted by molar-refractivity contribution is 5.60. The zero-order valence-electron chi connectivity index (χ0n) is 10.5. The van der Waals surface area contributed by atoms with Gasteiger partial charge in [-0.3, -0.25) is 4.98 Å². The molecule has 0 amide bonds. The number of hydrogen-bond acceptors (Lipinski definition) is 5. The largest absolute Gasteiger partial charge is 0.497 e. The number of methoxy groups -OCH3 is 1. The second kappa shape index (κ2) is 5.46. The van der Waals surface area contributed by atoms with Gasteiger partial charge in [-0.2, -0.15) is 0 Å². The van der Waals surface area contributed by atoms with Crippen molar-refractivity contribution in [2.75, 3.05) is 19.1 Å². The fraction of sp³-hybridized carbons (Fsp3) is 0.231. The molecule has 0 fully saturated rings. The van der Waals surface area contributed by atoms with Gasteiger partial charge in [0.25, 0.3) is 0 Å². The molecule has 2 N–H and O–H groups in total. The third kappa shape index (κ3) is 2.57. The quantitative estimate of drug-likeness (QED) is 0.887. The Morgan fingerprint density at radius 3 is 2.72 bits per heavy atom. The second-order valence-electron chi connectivity index (χ2n) is 3.83. The number of hydrogen-bond donors (Lipinski definition) is 1. The van der Waals surface area contributed by atoms with E-state index in [4.69, 9.17) is 10.5 Å². The van der Waals surface area contributed by atoms with Crippen LogP contribution in [0.3, 0.4) is 0 Å². The predicted molar refractivity (Wildman–Crippen MR) is 71.0 cm³/mol. The van der Waals surface area contributed by atoms with Crippen molar-refractivity contribution < 1.29 is 4.74 Å². The standard InChI is InChI=1S/C13H16N4O/c1-17(11-4-3-5-12(6-11)18-2)13-9-15-10(7-14)8-16-13/h3-6,8-9H,7,14H2,1-2H3. The topological polar surface area (TPSA) is 64.3 Å². The Kier molecular flexibility index (Phi) is 3.74. The highest BCUT2D eigenvalue weighted by atomic mass is 16.5. The Labute approximate surface area is 106 Å². The van der Waals surface area contributed by atoms with Crippen molar-refractivity contribution in [3.05, 3.63) is 42.4 Å². The zero-order chi connectivity index (χ0) is 13.0. The van der Waals surface area contributed by atoms with Gasteiger partial charge in [0.05, 0.1) is 25.2 Å².